The van der Waals surface area contributed by atoms with Gasteiger partial charge in [0.2, 0.25) is 5.91 Å². The Morgan fingerprint density at radius 2 is 1.96 bits per heavy atom. The number of ether oxygens (including phenoxy) is 1. The van der Waals surface area contributed by atoms with Gasteiger partial charge in [-0.1, -0.05) is 23.9 Å². The van der Waals surface area contributed by atoms with E-state index in [0.717, 1.165) is 26.4 Å². The van der Waals surface area contributed by atoms with Crippen LogP contribution in [0, 0.1) is 13.8 Å². The van der Waals surface area contributed by atoms with Crippen molar-refractivity contribution in [2.24, 2.45) is 0 Å². The van der Waals surface area contributed by atoms with Crippen molar-refractivity contribution in [2.75, 3.05) is 12.8 Å². The monoisotopic (exact) mass is 423 g/mol. The summed E-state index contributed by atoms with van der Waals surface area (Å²) >= 11 is 3.02. The van der Waals surface area contributed by atoms with Gasteiger partial charge in [0.25, 0.3) is 0 Å². The Balaban J connectivity index is 1.60. The van der Waals surface area contributed by atoms with E-state index < -0.39 is 6.61 Å². The Kier molecular flexibility index (Phi) is 6.46. The number of nitrogens with zero attached hydrogens (tertiary/aromatic N) is 3. The zero-order valence-corrected chi connectivity index (χ0v) is 17.2. The van der Waals surface area contributed by atoms with E-state index in [1.807, 2.05) is 13.8 Å². The van der Waals surface area contributed by atoms with Gasteiger partial charge in [-0.15, -0.1) is 11.3 Å². The van der Waals surface area contributed by atoms with E-state index in [4.69, 9.17) is 0 Å². The number of aryl methyl sites for hydroxylation is 2. The zero-order chi connectivity index (χ0) is 20.3. The second-order valence-corrected chi connectivity index (χ2v) is 8.37. The highest BCUT2D eigenvalue weighted by Crippen LogP contribution is 2.34. The first-order valence-electron chi connectivity index (χ1n) is 8.46. The smallest absolute Gasteiger partial charge is 0.387 e. The molecule has 28 heavy (non-hydrogen) atoms. The second-order valence-electron chi connectivity index (χ2n) is 6.20. The van der Waals surface area contributed by atoms with Gasteiger partial charge < -0.3 is 9.64 Å². The molecule has 0 atom stereocenters. The van der Waals surface area contributed by atoms with E-state index in [0.29, 0.717) is 6.54 Å². The van der Waals surface area contributed by atoms with Crippen LogP contribution in [0.4, 0.5) is 8.78 Å². The fourth-order valence-corrected chi connectivity index (χ4v) is 4.70. The average Bonchev–Trinajstić information content (AvgIpc) is 2.95. The molecular weight excluding hydrogens is 404 g/mol. The van der Waals surface area contributed by atoms with Crippen LogP contribution in [0.1, 0.15) is 16.0 Å². The molecule has 2 aromatic heterocycles. The fraction of sp³-hybridized carbons (Fsp3) is 0.316. The summed E-state index contributed by atoms with van der Waals surface area (Å²) in [5, 5.41) is 1.82. The molecule has 0 aliphatic heterocycles. The van der Waals surface area contributed by atoms with Crippen LogP contribution in [0.3, 0.4) is 0 Å². The molecule has 3 aromatic rings. The zero-order valence-electron chi connectivity index (χ0n) is 15.6. The first-order valence-corrected chi connectivity index (χ1v) is 10.3. The summed E-state index contributed by atoms with van der Waals surface area (Å²) in [6, 6.07) is 6.27. The van der Waals surface area contributed by atoms with Crippen LogP contribution in [0.15, 0.2) is 35.6 Å². The van der Waals surface area contributed by atoms with E-state index in [-0.39, 0.29) is 17.4 Å². The third-order valence-electron chi connectivity index (χ3n) is 4.26. The predicted octanol–water partition coefficient (Wildman–Crippen LogP) is 4.66. The number of thiophene rings is 1. The number of hydrogen-bond acceptors (Lipinski definition) is 6. The minimum atomic E-state index is -2.85. The predicted molar refractivity (Wildman–Crippen MR) is 107 cm³/mol. The maximum atomic E-state index is 12.5. The van der Waals surface area contributed by atoms with E-state index >= 15 is 0 Å². The number of halogens is 2. The third kappa shape index (κ3) is 4.77. The van der Waals surface area contributed by atoms with Crippen molar-refractivity contribution in [1.29, 1.82) is 0 Å². The Morgan fingerprint density at radius 3 is 2.64 bits per heavy atom. The van der Waals surface area contributed by atoms with E-state index in [1.54, 1.807) is 35.4 Å². The number of rotatable bonds is 7. The van der Waals surface area contributed by atoms with Crippen molar-refractivity contribution in [3.8, 4) is 5.75 Å². The number of alkyl halides is 2. The number of aromatic nitrogens is 2. The number of benzene rings is 1. The molecule has 0 saturated carbocycles. The lowest BCUT2D eigenvalue weighted by Crippen LogP contribution is -2.27. The van der Waals surface area contributed by atoms with Crippen LogP contribution in [0.25, 0.3) is 10.2 Å². The number of fused-ring (bicyclic) bond motifs is 1. The summed E-state index contributed by atoms with van der Waals surface area (Å²) in [6.07, 6.45) is 1.53. The molecule has 0 unspecified atom stereocenters. The Hall–Kier alpha value is -2.26. The first kappa shape index (κ1) is 20.5. The van der Waals surface area contributed by atoms with Gasteiger partial charge in [0, 0.05) is 23.9 Å². The van der Waals surface area contributed by atoms with Crippen molar-refractivity contribution in [1.82, 2.24) is 14.9 Å². The lowest BCUT2D eigenvalue weighted by atomic mass is 10.2. The van der Waals surface area contributed by atoms with Crippen molar-refractivity contribution >= 4 is 39.2 Å². The molecule has 148 valence electrons. The molecule has 5 nitrogen and oxygen atoms in total. The standard InChI is InChI=1S/C19H19F2N3O2S2/c1-11-12(2)28-18-16(11)17(22-10-23-18)27-9-15(25)24(3)8-13-4-6-14(7-5-13)26-19(20)21/h4-7,10,19H,8-9H2,1-3H3. The molecule has 0 N–H and O–H groups in total. The summed E-state index contributed by atoms with van der Waals surface area (Å²) in [5.74, 6) is 0.301. The number of carbonyl (C=O) groups is 1. The van der Waals surface area contributed by atoms with Crippen molar-refractivity contribution in [2.45, 2.75) is 32.0 Å². The summed E-state index contributed by atoms with van der Waals surface area (Å²) in [5.41, 5.74) is 1.98. The highest BCUT2D eigenvalue weighted by atomic mass is 32.2. The molecule has 0 spiro atoms. The Bertz CT molecular complexity index is 977. The van der Waals surface area contributed by atoms with Crippen molar-refractivity contribution < 1.29 is 18.3 Å². The molecule has 1 amide bonds. The van der Waals surface area contributed by atoms with E-state index in [9.17, 15) is 13.6 Å². The number of amides is 1. The summed E-state index contributed by atoms with van der Waals surface area (Å²) in [6.45, 7) is 1.62. The molecule has 9 heteroatoms. The maximum Gasteiger partial charge on any atom is 0.387 e. The summed E-state index contributed by atoms with van der Waals surface area (Å²) in [4.78, 5) is 24.9. The lowest BCUT2D eigenvalue weighted by Gasteiger charge is -2.17. The van der Waals surface area contributed by atoms with Gasteiger partial charge in [-0.2, -0.15) is 8.78 Å². The van der Waals surface area contributed by atoms with E-state index in [2.05, 4.69) is 14.7 Å². The molecule has 2 heterocycles. The minimum Gasteiger partial charge on any atom is -0.435 e. The second kappa shape index (κ2) is 8.83. The molecule has 0 radical (unpaired) electrons. The molecule has 1 aromatic carbocycles. The fourth-order valence-electron chi connectivity index (χ4n) is 2.64. The summed E-state index contributed by atoms with van der Waals surface area (Å²) in [7, 11) is 1.71. The molecule has 0 saturated heterocycles. The van der Waals surface area contributed by atoms with Gasteiger partial charge in [-0.3, -0.25) is 4.79 Å². The van der Waals surface area contributed by atoms with Gasteiger partial charge in [-0.05, 0) is 37.1 Å². The normalized spacial score (nSPS) is 11.2. The van der Waals surface area contributed by atoms with Crippen LogP contribution in [-0.2, 0) is 11.3 Å². The average molecular weight is 424 g/mol. The molecular formula is C19H19F2N3O2S2. The Morgan fingerprint density at radius 1 is 1.25 bits per heavy atom. The highest BCUT2D eigenvalue weighted by Gasteiger charge is 2.15. The van der Waals surface area contributed by atoms with Crippen LogP contribution >= 0.6 is 23.1 Å². The van der Waals surface area contributed by atoms with Gasteiger partial charge in [0.05, 0.1) is 5.75 Å². The SMILES string of the molecule is Cc1sc2ncnc(SCC(=O)N(C)Cc3ccc(OC(F)F)cc3)c2c1C. The van der Waals surface area contributed by atoms with Crippen LogP contribution < -0.4 is 4.74 Å². The van der Waals surface area contributed by atoms with Gasteiger partial charge in [-0.25, -0.2) is 9.97 Å². The van der Waals surface area contributed by atoms with Crippen LogP contribution in [-0.4, -0.2) is 40.2 Å². The van der Waals surface area contributed by atoms with Crippen molar-refractivity contribution in [3.05, 3.63) is 46.6 Å². The largest absolute Gasteiger partial charge is 0.435 e. The third-order valence-corrected chi connectivity index (χ3v) is 6.35. The Labute approximate surface area is 169 Å². The highest BCUT2D eigenvalue weighted by molar-refractivity contribution is 8.00. The number of thioether (sulfide) groups is 1. The van der Waals surface area contributed by atoms with Gasteiger partial charge in [0.15, 0.2) is 0 Å². The number of carbonyl (C=O) groups excluding carboxylic acids is 1. The molecule has 0 aliphatic carbocycles. The molecule has 0 aliphatic rings. The van der Waals surface area contributed by atoms with Crippen LogP contribution in [0.5, 0.6) is 5.75 Å². The molecule has 3 rings (SSSR count). The number of hydrogen-bond donors (Lipinski definition) is 0. The quantitative estimate of drug-likeness (QED) is 0.409. The molecule has 0 fully saturated rings. The molecule has 0 bridgehead atoms. The van der Waals surface area contributed by atoms with Crippen LogP contribution in [0.2, 0.25) is 0 Å². The minimum absolute atomic E-state index is 0.0470. The lowest BCUT2D eigenvalue weighted by molar-refractivity contribution is -0.127. The van der Waals surface area contributed by atoms with Gasteiger partial charge in [0.1, 0.15) is 21.9 Å². The maximum absolute atomic E-state index is 12.5. The topological polar surface area (TPSA) is 55.3 Å². The van der Waals surface area contributed by atoms with Crippen molar-refractivity contribution in [3.63, 3.8) is 0 Å². The van der Waals surface area contributed by atoms with E-state index in [1.165, 1.54) is 35.1 Å². The first-order chi connectivity index (χ1) is 13.3. The van der Waals surface area contributed by atoms with Gasteiger partial charge >= 0.3 is 6.61 Å². The summed E-state index contributed by atoms with van der Waals surface area (Å²) < 4.78 is 28.7.